The van der Waals surface area contributed by atoms with Gasteiger partial charge in [0.15, 0.2) is 0 Å². The van der Waals surface area contributed by atoms with Crippen molar-refractivity contribution in [2.75, 3.05) is 19.5 Å². The minimum Gasteiger partial charge on any atom is -0.497 e. The van der Waals surface area contributed by atoms with Gasteiger partial charge in [0.2, 0.25) is 0 Å². The number of nitrogens with one attached hydrogen (secondary N) is 1. The van der Waals surface area contributed by atoms with E-state index in [1.54, 1.807) is 14.2 Å². The van der Waals surface area contributed by atoms with Gasteiger partial charge in [-0.1, -0.05) is 18.2 Å². The molecule has 3 heteroatoms. The Hall–Kier alpha value is -2.16. The van der Waals surface area contributed by atoms with E-state index in [9.17, 15) is 0 Å². The van der Waals surface area contributed by atoms with Crippen LogP contribution in [0.1, 0.15) is 17.2 Å². The number of fused-ring (bicyclic) bond motifs is 1. The lowest BCUT2D eigenvalue weighted by atomic mass is 10.0. The van der Waals surface area contributed by atoms with Crippen LogP contribution < -0.4 is 14.8 Å². The number of hydrogen-bond acceptors (Lipinski definition) is 3. The van der Waals surface area contributed by atoms with E-state index in [1.165, 1.54) is 11.1 Å². The van der Waals surface area contributed by atoms with Crippen LogP contribution in [0.15, 0.2) is 42.5 Å². The predicted octanol–water partition coefficient (Wildman–Crippen LogP) is 3.41. The topological polar surface area (TPSA) is 30.5 Å². The smallest absolute Gasteiger partial charge is 0.120 e. The lowest BCUT2D eigenvalue weighted by Crippen LogP contribution is -2.05. The van der Waals surface area contributed by atoms with Crippen molar-refractivity contribution in [1.29, 1.82) is 0 Å². The molecule has 0 aromatic heterocycles. The molecular weight excluding hydrogens is 238 g/mol. The molecule has 3 nitrogen and oxygen atoms in total. The normalized spacial score (nSPS) is 16.6. The Morgan fingerprint density at radius 2 is 1.79 bits per heavy atom. The summed E-state index contributed by atoms with van der Waals surface area (Å²) in [5.74, 6) is 1.78. The summed E-state index contributed by atoms with van der Waals surface area (Å²) in [6, 6.07) is 14.7. The Bertz CT molecular complexity index is 595. The van der Waals surface area contributed by atoms with Gasteiger partial charge in [-0.2, -0.15) is 0 Å². The van der Waals surface area contributed by atoms with Crippen molar-refractivity contribution in [1.82, 2.24) is 0 Å². The van der Waals surface area contributed by atoms with Gasteiger partial charge in [0.1, 0.15) is 11.5 Å². The molecule has 0 spiro atoms. The second-order valence-electron chi connectivity index (χ2n) is 4.70. The van der Waals surface area contributed by atoms with Gasteiger partial charge in [0.05, 0.1) is 20.3 Å². The summed E-state index contributed by atoms with van der Waals surface area (Å²) in [6.45, 7) is 0. The van der Waals surface area contributed by atoms with Crippen LogP contribution in [0.3, 0.4) is 0 Å². The quantitative estimate of drug-likeness (QED) is 0.911. The largest absolute Gasteiger partial charge is 0.497 e. The van der Waals surface area contributed by atoms with Crippen LogP contribution in [-0.4, -0.2) is 14.2 Å². The van der Waals surface area contributed by atoms with E-state index in [0.717, 1.165) is 23.6 Å². The van der Waals surface area contributed by atoms with Crippen molar-refractivity contribution in [2.24, 2.45) is 0 Å². The van der Waals surface area contributed by atoms with Gasteiger partial charge < -0.3 is 14.8 Å². The second-order valence-corrected chi connectivity index (χ2v) is 4.70. The van der Waals surface area contributed by atoms with E-state index in [2.05, 4.69) is 29.6 Å². The maximum absolute atomic E-state index is 5.28. The number of rotatable bonds is 3. The highest BCUT2D eigenvalue weighted by atomic mass is 16.5. The molecule has 98 valence electrons. The van der Waals surface area contributed by atoms with Gasteiger partial charge in [-0.15, -0.1) is 0 Å². The third kappa shape index (κ3) is 2.24. The predicted molar refractivity (Wildman–Crippen MR) is 76.1 cm³/mol. The highest BCUT2D eigenvalue weighted by Crippen LogP contribution is 2.36. The molecule has 0 saturated heterocycles. The van der Waals surface area contributed by atoms with Gasteiger partial charge in [-0.3, -0.25) is 0 Å². The average molecular weight is 255 g/mol. The third-order valence-corrected chi connectivity index (χ3v) is 3.57. The minimum atomic E-state index is 0.303. The molecule has 2 aromatic rings. The zero-order valence-electron chi connectivity index (χ0n) is 11.1. The molecule has 0 amide bonds. The van der Waals surface area contributed by atoms with E-state index in [-0.39, 0.29) is 0 Å². The highest BCUT2D eigenvalue weighted by molar-refractivity contribution is 5.61. The number of benzene rings is 2. The summed E-state index contributed by atoms with van der Waals surface area (Å²) in [4.78, 5) is 0. The van der Waals surface area contributed by atoms with Crippen molar-refractivity contribution in [2.45, 2.75) is 12.5 Å². The Morgan fingerprint density at radius 1 is 1.00 bits per heavy atom. The van der Waals surface area contributed by atoms with Gasteiger partial charge in [0, 0.05) is 11.8 Å². The summed E-state index contributed by atoms with van der Waals surface area (Å²) < 4.78 is 10.5. The van der Waals surface area contributed by atoms with Crippen LogP contribution in [-0.2, 0) is 6.42 Å². The Labute approximate surface area is 113 Å². The average Bonchev–Trinajstić information content (AvgIpc) is 2.90. The first-order valence-corrected chi connectivity index (χ1v) is 6.37. The van der Waals surface area contributed by atoms with E-state index >= 15 is 0 Å². The van der Waals surface area contributed by atoms with Crippen LogP contribution in [0, 0.1) is 0 Å². The molecule has 0 bridgehead atoms. The summed E-state index contributed by atoms with van der Waals surface area (Å²) in [5, 5.41) is 3.54. The first kappa shape index (κ1) is 11.9. The maximum atomic E-state index is 5.28. The van der Waals surface area contributed by atoms with E-state index in [4.69, 9.17) is 9.47 Å². The molecule has 0 aliphatic carbocycles. The summed E-state index contributed by atoms with van der Waals surface area (Å²) in [5.41, 5.74) is 3.73. The van der Waals surface area contributed by atoms with Crippen molar-refractivity contribution in [3.05, 3.63) is 53.6 Å². The van der Waals surface area contributed by atoms with Gasteiger partial charge in [-0.05, 0) is 35.7 Å². The molecule has 0 radical (unpaired) electrons. The van der Waals surface area contributed by atoms with Gasteiger partial charge in [-0.25, -0.2) is 0 Å². The molecular formula is C16H17NO2. The monoisotopic (exact) mass is 255 g/mol. The first-order valence-electron chi connectivity index (χ1n) is 6.37. The lowest BCUT2D eigenvalue weighted by Gasteiger charge is -2.12. The molecule has 19 heavy (non-hydrogen) atoms. The zero-order chi connectivity index (χ0) is 13.2. The first-order chi connectivity index (χ1) is 9.30. The fourth-order valence-electron chi connectivity index (χ4n) is 2.51. The molecule has 1 unspecified atom stereocenters. The maximum Gasteiger partial charge on any atom is 0.120 e. The molecule has 0 saturated carbocycles. The van der Waals surface area contributed by atoms with Crippen molar-refractivity contribution >= 4 is 5.69 Å². The van der Waals surface area contributed by atoms with Crippen molar-refractivity contribution < 1.29 is 9.47 Å². The minimum absolute atomic E-state index is 0.303. The second kappa shape index (κ2) is 4.84. The molecule has 2 aromatic carbocycles. The molecule has 3 rings (SSSR count). The SMILES string of the molecule is COc1cccc(C2Cc3ccc(OC)cc3N2)c1. The van der Waals surface area contributed by atoms with Crippen LogP contribution in [0.4, 0.5) is 5.69 Å². The standard InChI is InChI=1S/C16H17NO2/c1-18-13-5-3-4-11(8-13)15-9-12-6-7-14(19-2)10-16(12)17-15/h3-8,10,15,17H,9H2,1-2H3. The third-order valence-electron chi connectivity index (χ3n) is 3.57. The van der Waals surface area contributed by atoms with Crippen molar-refractivity contribution in [3.8, 4) is 11.5 Å². The van der Waals surface area contributed by atoms with Crippen LogP contribution in [0.25, 0.3) is 0 Å². The summed E-state index contributed by atoms with van der Waals surface area (Å²) >= 11 is 0. The molecule has 1 heterocycles. The van der Waals surface area contributed by atoms with E-state index in [0.29, 0.717) is 6.04 Å². The van der Waals surface area contributed by atoms with E-state index < -0.39 is 0 Å². The van der Waals surface area contributed by atoms with E-state index in [1.807, 2.05) is 18.2 Å². The lowest BCUT2D eigenvalue weighted by molar-refractivity contribution is 0.414. The van der Waals surface area contributed by atoms with Crippen LogP contribution in [0.2, 0.25) is 0 Å². The van der Waals surface area contributed by atoms with Crippen LogP contribution in [0.5, 0.6) is 11.5 Å². The van der Waals surface area contributed by atoms with Crippen molar-refractivity contribution in [3.63, 3.8) is 0 Å². The summed E-state index contributed by atoms with van der Waals surface area (Å²) in [7, 11) is 3.39. The molecule has 1 aliphatic rings. The Balaban J connectivity index is 1.86. The molecule has 1 atom stereocenters. The van der Waals surface area contributed by atoms with Crippen LogP contribution >= 0.6 is 0 Å². The van der Waals surface area contributed by atoms with Gasteiger partial charge >= 0.3 is 0 Å². The van der Waals surface area contributed by atoms with Gasteiger partial charge in [0.25, 0.3) is 0 Å². The summed E-state index contributed by atoms with van der Waals surface area (Å²) in [6.07, 6.45) is 0.993. The number of ether oxygens (including phenoxy) is 2. The molecule has 0 fully saturated rings. The molecule has 1 aliphatic heterocycles. The number of hydrogen-bond donors (Lipinski definition) is 1. The Morgan fingerprint density at radius 3 is 2.58 bits per heavy atom. The highest BCUT2D eigenvalue weighted by Gasteiger charge is 2.22. The molecule has 1 N–H and O–H groups in total. The fraction of sp³-hybridized carbons (Fsp3) is 0.250. The number of methoxy groups -OCH3 is 2. The zero-order valence-corrected chi connectivity index (χ0v) is 11.1. The number of anilines is 1. The Kier molecular flexibility index (Phi) is 3.03. The fourth-order valence-corrected chi connectivity index (χ4v) is 2.51.